The molecular weight excluding hydrogens is 277 g/mol. The summed E-state index contributed by atoms with van der Waals surface area (Å²) in [6.07, 6.45) is 1.97. The largest absolute Gasteiger partial charge is 0.484 e. The van der Waals surface area contributed by atoms with E-state index < -0.39 is 0 Å². The summed E-state index contributed by atoms with van der Waals surface area (Å²) in [5.41, 5.74) is 0.726. The van der Waals surface area contributed by atoms with E-state index >= 15 is 0 Å². The van der Waals surface area contributed by atoms with Gasteiger partial charge >= 0.3 is 0 Å². The van der Waals surface area contributed by atoms with Gasteiger partial charge in [-0.3, -0.25) is 4.79 Å². The summed E-state index contributed by atoms with van der Waals surface area (Å²) in [7, 11) is 0. The Morgan fingerprint density at radius 1 is 1.25 bits per heavy atom. The third kappa shape index (κ3) is 4.28. The van der Waals surface area contributed by atoms with Crippen molar-refractivity contribution in [2.75, 3.05) is 18.2 Å². The van der Waals surface area contributed by atoms with Crippen LogP contribution in [0.4, 0.5) is 10.1 Å². The smallest absolute Gasteiger partial charge is 0.262 e. The molecule has 1 N–H and O–H groups in total. The summed E-state index contributed by atoms with van der Waals surface area (Å²) in [6, 6.07) is 13.1. The Hall–Kier alpha value is -2.01. The molecule has 3 nitrogen and oxygen atoms in total. The normalized spacial score (nSPS) is 10.1. The van der Waals surface area contributed by atoms with E-state index in [0.29, 0.717) is 5.75 Å². The minimum Gasteiger partial charge on any atom is -0.484 e. The number of halogens is 1. The number of thioether (sulfide) groups is 1. The van der Waals surface area contributed by atoms with Crippen LogP contribution in [0.5, 0.6) is 5.75 Å². The van der Waals surface area contributed by atoms with Gasteiger partial charge in [-0.15, -0.1) is 11.8 Å². The van der Waals surface area contributed by atoms with E-state index in [2.05, 4.69) is 5.32 Å². The Kier molecular flexibility index (Phi) is 5.01. The Labute approximate surface area is 121 Å². The zero-order valence-electron chi connectivity index (χ0n) is 10.9. The van der Waals surface area contributed by atoms with Crippen LogP contribution in [0, 0.1) is 5.82 Å². The van der Waals surface area contributed by atoms with Gasteiger partial charge in [0.2, 0.25) is 0 Å². The summed E-state index contributed by atoms with van der Waals surface area (Å²) >= 11 is 1.60. The Morgan fingerprint density at radius 3 is 2.70 bits per heavy atom. The molecule has 2 aromatic rings. The SMILES string of the molecule is CSc1cccc(NC(=O)COc2ccc(F)cc2)c1. The molecule has 0 saturated carbocycles. The van der Waals surface area contributed by atoms with Crippen molar-refractivity contribution in [1.82, 2.24) is 0 Å². The molecule has 5 heteroatoms. The fourth-order valence-electron chi connectivity index (χ4n) is 1.58. The van der Waals surface area contributed by atoms with Gasteiger partial charge in [0.25, 0.3) is 5.91 Å². The summed E-state index contributed by atoms with van der Waals surface area (Å²) in [4.78, 5) is 12.8. The Bertz CT molecular complexity index is 587. The van der Waals surface area contributed by atoms with Crippen LogP contribution in [0.3, 0.4) is 0 Å². The standard InChI is InChI=1S/C15H14FNO2S/c1-20-14-4-2-3-12(9-14)17-15(18)10-19-13-7-5-11(16)6-8-13/h2-9H,10H2,1H3,(H,17,18). The molecule has 2 rings (SSSR count). The molecule has 0 aromatic heterocycles. The molecule has 2 aromatic carbocycles. The maximum Gasteiger partial charge on any atom is 0.262 e. The number of ether oxygens (including phenoxy) is 1. The monoisotopic (exact) mass is 291 g/mol. The Balaban J connectivity index is 1.87. The van der Waals surface area contributed by atoms with Crippen LogP contribution in [0.25, 0.3) is 0 Å². The predicted molar refractivity (Wildman–Crippen MR) is 78.7 cm³/mol. The number of carbonyl (C=O) groups is 1. The molecule has 0 atom stereocenters. The highest BCUT2D eigenvalue weighted by atomic mass is 32.2. The van der Waals surface area contributed by atoms with Crippen LogP contribution in [0.2, 0.25) is 0 Å². The van der Waals surface area contributed by atoms with Gasteiger partial charge in [0.1, 0.15) is 11.6 Å². The van der Waals surface area contributed by atoms with Crippen molar-refractivity contribution in [3.05, 3.63) is 54.3 Å². The van der Waals surface area contributed by atoms with Gasteiger partial charge in [0.15, 0.2) is 6.61 Å². The lowest BCUT2D eigenvalue weighted by Gasteiger charge is -2.08. The maximum absolute atomic E-state index is 12.7. The molecule has 0 fully saturated rings. The van der Waals surface area contributed by atoms with Crippen LogP contribution in [0.1, 0.15) is 0 Å². The lowest BCUT2D eigenvalue weighted by molar-refractivity contribution is -0.118. The highest BCUT2D eigenvalue weighted by molar-refractivity contribution is 7.98. The van der Waals surface area contributed by atoms with Gasteiger partial charge in [-0.2, -0.15) is 0 Å². The number of benzene rings is 2. The number of hydrogen-bond acceptors (Lipinski definition) is 3. The molecule has 0 radical (unpaired) electrons. The van der Waals surface area contributed by atoms with E-state index in [1.165, 1.54) is 24.3 Å². The first kappa shape index (κ1) is 14.4. The zero-order chi connectivity index (χ0) is 14.4. The van der Waals surface area contributed by atoms with Gasteiger partial charge in [0.05, 0.1) is 0 Å². The molecule has 104 valence electrons. The topological polar surface area (TPSA) is 38.3 Å². The number of hydrogen-bond donors (Lipinski definition) is 1. The van der Waals surface area contributed by atoms with Crippen molar-refractivity contribution in [3.8, 4) is 5.75 Å². The molecule has 0 unspecified atom stereocenters. The van der Waals surface area contributed by atoms with E-state index in [4.69, 9.17) is 4.74 Å². The predicted octanol–water partition coefficient (Wildman–Crippen LogP) is 3.57. The molecule has 0 aliphatic carbocycles. The summed E-state index contributed by atoms with van der Waals surface area (Å²) in [5.74, 6) is -0.136. The molecule has 1 amide bonds. The number of rotatable bonds is 5. The maximum atomic E-state index is 12.7. The molecule has 0 saturated heterocycles. The average molecular weight is 291 g/mol. The minimum atomic E-state index is -0.337. The molecule has 20 heavy (non-hydrogen) atoms. The number of amides is 1. The van der Waals surface area contributed by atoms with E-state index in [1.54, 1.807) is 11.8 Å². The van der Waals surface area contributed by atoms with Crippen LogP contribution in [0.15, 0.2) is 53.4 Å². The van der Waals surface area contributed by atoms with Crippen LogP contribution in [-0.4, -0.2) is 18.8 Å². The van der Waals surface area contributed by atoms with Crippen molar-refractivity contribution >= 4 is 23.4 Å². The van der Waals surface area contributed by atoms with Crippen LogP contribution >= 0.6 is 11.8 Å². The number of carbonyl (C=O) groups excluding carboxylic acids is 1. The molecule has 0 bridgehead atoms. The highest BCUT2D eigenvalue weighted by Gasteiger charge is 2.04. The average Bonchev–Trinajstić information content (AvgIpc) is 2.47. The Morgan fingerprint density at radius 2 is 2.00 bits per heavy atom. The third-order valence-electron chi connectivity index (χ3n) is 2.54. The summed E-state index contributed by atoms with van der Waals surface area (Å²) in [6.45, 7) is -0.116. The lowest BCUT2D eigenvalue weighted by Crippen LogP contribution is -2.20. The number of nitrogens with one attached hydrogen (secondary N) is 1. The minimum absolute atomic E-state index is 0.116. The molecular formula is C15H14FNO2S. The van der Waals surface area contributed by atoms with E-state index in [0.717, 1.165) is 10.6 Å². The third-order valence-corrected chi connectivity index (χ3v) is 3.26. The van der Waals surface area contributed by atoms with Gasteiger partial charge in [0, 0.05) is 10.6 Å². The molecule has 0 heterocycles. The quantitative estimate of drug-likeness (QED) is 0.856. The van der Waals surface area contributed by atoms with Crippen LogP contribution < -0.4 is 10.1 Å². The van der Waals surface area contributed by atoms with Gasteiger partial charge in [-0.25, -0.2) is 4.39 Å². The van der Waals surface area contributed by atoms with Crippen molar-refractivity contribution in [2.24, 2.45) is 0 Å². The van der Waals surface area contributed by atoms with Crippen molar-refractivity contribution in [3.63, 3.8) is 0 Å². The van der Waals surface area contributed by atoms with Gasteiger partial charge in [-0.1, -0.05) is 6.07 Å². The van der Waals surface area contributed by atoms with E-state index in [1.807, 2.05) is 30.5 Å². The fourth-order valence-corrected chi connectivity index (χ4v) is 2.04. The summed E-state index contributed by atoms with van der Waals surface area (Å²) < 4.78 is 18.0. The van der Waals surface area contributed by atoms with Gasteiger partial charge in [-0.05, 0) is 48.7 Å². The van der Waals surface area contributed by atoms with Crippen LogP contribution in [-0.2, 0) is 4.79 Å². The first-order chi connectivity index (χ1) is 9.67. The molecule has 0 aliphatic heterocycles. The molecule has 0 spiro atoms. The second kappa shape index (κ2) is 6.96. The molecule has 0 aliphatic rings. The second-order valence-corrected chi connectivity index (χ2v) is 4.90. The number of anilines is 1. The van der Waals surface area contributed by atoms with Crippen molar-refractivity contribution < 1.29 is 13.9 Å². The first-order valence-electron chi connectivity index (χ1n) is 5.99. The van der Waals surface area contributed by atoms with Crippen molar-refractivity contribution in [1.29, 1.82) is 0 Å². The first-order valence-corrected chi connectivity index (χ1v) is 7.22. The van der Waals surface area contributed by atoms with Gasteiger partial charge < -0.3 is 10.1 Å². The highest BCUT2D eigenvalue weighted by Crippen LogP contribution is 2.19. The fraction of sp³-hybridized carbons (Fsp3) is 0.133. The van der Waals surface area contributed by atoms with E-state index in [9.17, 15) is 9.18 Å². The zero-order valence-corrected chi connectivity index (χ0v) is 11.7. The van der Waals surface area contributed by atoms with E-state index in [-0.39, 0.29) is 18.3 Å². The second-order valence-electron chi connectivity index (χ2n) is 4.02. The summed E-state index contributed by atoms with van der Waals surface area (Å²) in [5, 5.41) is 2.75. The van der Waals surface area contributed by atoms with Crippen molar-refractivity contribution in [2.45, 2.75) is 4.90 Å². The lowest BCUT2D eigenvalue weighted by atomic mass is 10.3.